The van der Waals surface area contributed by atoms with Crippen LogP contribution in [0.1, 0.15) is 31.9 Å². The van der Waals surface area contributed by atoms with Gasteiger partial charge in [-0.15, -0.1) is 0 Å². The molecule has 1 aromatic carbocycles. The summed E-state index contributed by atoms with van der Waals surface area (Å²) in [5.41, 5.74) is 2.30. The highest BCUT2D eigenvalue weighted by molar-refractivity contribution is 5.78. The molecule has 2 aromatic rings. The van der Waals surface area contributed by atoms with Crippen molar-refractivity contribution in [2.75, 3.05) is 26.3 Å². The third-order valence-electron chi connectivity index (χ3n) is 5.39. The minimum Gasteiger partial charge on any atom is -0.376 e. The summed E-state index contributed by atoms with van der Waals surface area (Å²) in [7, 11) is 0. The van der Waals surface area contributed by atoms with E-state index < -0.39 is 0 Å². The number of benzene rings is 1. The van der Waals surface area contributed by atoms with Crippen LogP contribution < -0.4 is 0 Å². The second-order valence-corrected chi connectivity index (χ2v) is 7.05. The van der Waals surface area contributed by atoms with Crippen LogP contribution in [0.15, 0.2) is 36.4 Å². The van der Waals surface area contributed by atoms with Crippen LogP contribution in [0.3, 0.4) is 0 Å². The van der Waals surface area contributed by atoms with Gasteiger partial charge in [0.05, 0.1) is 29.5 Å². The maximum absolute atomic E-state index is 6.14. The summed E-state index contributed by atoms with van der Waals surface area (Å²) in [5.74, 6) is 0. The summed E-state index contributed by atoms with van der Waals surface area (Å²) in [6.45, 7) is 6.69. The van der Waals surface area contributed by atoms with E-state index in [-0.39, 0.29) is 5.60 Å². The highest BCUT2D eigenvalue weighted by Crippen LogP contribution is 2.37. The highest BCUT2D eigenvalue weighted by Gasteiger charge is 2.42. The van der Waals surface area contributed by atoms with Crippen molar-refractivity contribution >= 4 is 10.9 Å². The van der Waals surface area contributed by atoms with E-state index in [9.17, 15) is 0 Å². The lowest BCUT2D eigenvalue weighted by molar-refractivity contribution is -0.0465. The summed E-state index contributed by atoms with van der Waals surface area (Å²) in [6, 6.07) is 12.6. The van der Waals surface area contributed by atoms with Gasteiger partial charge in [-0.3, -0.25) is 9.88 Å². The monoisotopic (exact) mass is 326 g/mol. The van der Waals surface area contributed by atoms with E-state index in [2.05, 4.69) is 48.2 Å². The Kier molecular flexibility index (Phi) is 4.53. The van der Waals surface area contributed by atoms with Crippen LogP contribution in [0.2, 0.25) is 0 Å². The molecule has 24 heavy (non-hydrogen) atoms. The van der Waals surface area contributed by atoms with Gasteiger partial charge >= 0.3 is 0 Å². The SMILES string of the molecule is CCO[C@@H]1COC2(CCN(Cc3ccc4ccccc4n3)CC2)C1. The van der Waals surface area contributed by atoms with Crippen LogP contribution in [0, 0.1) is 0 Å². The highest BCUT2D eigenvalue weighted by atomic mass is 16.6. The fourth-order valence-electron chi connectivity index (χ4n) is 4.04. The van der Waals surface area contributed by atoms with E-state index in [0.29, 0.717) is 6.10 Å². The molecule has 4 nitrogen and oxygen atoms in total. The van der Waals surface area contributed by atoms with Gasteiger partial charge in [0.1, 0.15) is 0 Å². The Hall–Kier alpha value is -1.49. The Balaban J connectivity index is 1.36. The maximum atomic E-state index is 6.14. The first-order chi connectivity index (χ1) is 11.8. The second-order valence-electron chi connectivity index (χ2n) is 7.05. The molecule has 0 N–H and O–H groups in total. The van der Waals surface area contributed by atoms with Crippen LogP contribution in [0.5, 0.6) is 0 Å². The molecule has 2 aliphatic rings. The Labute approximate surface area is 143 Å². The van der Waals surface area contributed by atoms with Gasteiger partial charge in [0.15, 0.2) is 0 Å². The van der Waals surface area contributed by atoms with Crippen molar-refractivity contribution in [2.24, 2.45) is 0 Å². The third kappa shape index (κ3) is 3.32. The molecule has 0 aliphatic carbocycles. The van der Waals surface area contributed by atoms with Crippen molar-refractivity contribution in [1.82, 2.24) is 9.88 Å². The molecule has 128 valence electrons. The number of hydrogen-bond acceptors (Lipinski definition) is 4. The molecule has 2 aliphatic heterocycles. The minimum absolute atomic E-state index is 0.0626. The average molecular weight is 326 g/mol. The number of piperidine rings is 1. The summed E-state index contributed by atoms with van der Waals surface area (Å²) in [4.78, 5) is 7.30. The Morgan fingerprint density at radius 2 is 2.04 bits per heavy atom. The molecule has 0 amide bonds. The number of rotatable bonds is 4. The van der Waals surface area contributed by atoms with E-state index in [1.165, 1.54) is 5.39 Å². The number of ether oxygens (including phenoxy) is 2. The smallest absolute Gasteiger partial charge is 0.0836 e. The van der Waals surface area contributed by atoms with Crippen molar-refractivity contribution in [3.63, 3.8) is 0 Å². The first-order valence-electron chi connectivity index (χ1n) is 9.09. The van der Waals surface area contributed by atoms with Crippen LogP contribution in [0.4, 0.5) is 0 Å². The molecular formula is C20H26N2O2. The van der Waals surface area contributed by atoms with Crippen molar-refractivity contribution in [2.45, 2.75) is 44.4 Å². The van der Waals surface area contributed by atoms with Gasteiger partial charge in [0.25, 0.3) is 0 Å². The maximum Gasteiger partial charge on any atom is 0.0836 e. The molecule has 0 radical (unpaired) electrons. The predicted molar refractivity (Wildman–Crippen MR) is 95.0 cm³/mol. The quantitative estimate of drug-likeness (QED) is 0.862. The predicted octanol–water partition coefficient (Wildman–Crippen LogP) is 3.39. The summed E-state index contributed by atoms with van der Waals surface area (Å²) < 4.78 is 11.9. The van der Waals surface area contributed by atoms with E-state index in [1.54, 1.807) is 0 Å². The number of nitrogens with zero attached hydrogens (tertiary/aromatic N) is 2. The average Bonchev–Trinajstić information content (AvgIpc) is 3.00. The van der Waals surface area contributed by atoms with Gasteiger partial charge < -0.3 is 9.47 Å². The van der Waals surface area contributed by atoms with Crippen LogP contribution in [-0.4, -0.2) is 47.9 Å². The largest absolute Gasteiger partial charge is 0.376 e. The topological polar surface area (TPSA) is 34.6 Å². The fraction of sp³-hybridized carbons (Fsp3) is 0.550. The normalized spacial score (nSPS) is 24.0. The summed E-state index contributed by atoms with van der Waals surface area (Å²) in [5, 5.41) is 1.21. The molecule has 1 atom stereocenters. The molecule has 0 bridgehead atoms. The molecule has 3 heterocycles. The van der Waals surface area contributed by atoms with Gasteiger partial charge in [-0.1, -0.05) is 24.3 Å². The minimum atomic E-state index is 0.0626. The number of para-hydroxylation sites is 1. The number of aromatic nitrogens is 1. The van der Waals surface area contributed by atoms with Crippen molar-refractivity contribution in [3.8, 4) is 0 Å². The van der Waals surface area contributed by atoms with Gasteiger partial charge in [-0.25, -0.2) is 0 Å². The van der Waals surface area contributed by atoms with Gasteiger partial charge in [-0.2, -0.15) is 0 Å². The molecule has 0 saturated carbocycles. The van der Waals surface area contributed by atoms with Gasteiger partial charge in [-0.05, 0) is 31.9 Å². The zero-order valence-electron chi connectivity index (χ0n) is 14.4. The third-order valence-corrected chi connectivity index (χ3v) is 5.39. The van der Waals surface area contributed by atoms with Crippen LogP contribution in [0.25, 0.3) is 10.9 Å². The van der Waals surface area contributed by atoms with Gasteiger partial charge in [0.2, 0.25) is 0 Å². The Bertz CT molecular complexity index is 695. The Morgan fingerprint density at radius 3 is 2.88 bits per heavy atom. The molecule has 2 fully saturated rings. The molecular weight excluding hydrogens is 300 g/mol. The second kappa shape index (κ2) is 6.79. The number of fused-ring (bicyclic) bond motifs is 1. The first kappa shape index (κ1) is 16.0. The van der Waals surface area contributed by atoms with E-state index in [1.807, 2.05) is 0 Å². The van der Waals surface area contributed by atoms with E-state index in [0.717, 1.165) is 63.3 Å². The number of likely N-dealkylation sites (tertiary alicyclic amines) is 1. The lowest BCUT2D eigenvalue weighted by atomic mass is 9.88. The van der Waals surface area contributed by atoms with Crippen LogP contribution in [-0.2, 0) is 16.0 Å². The van der Waals surface area contributed by atoms with Crippen molar-refractivity contribution in [3.05, 3.63) is 42.1 Å². The molecule has 2 saturated heterocycles. The number of pyridine rings is 1. The lowest BCUT2D eigenvalue weighted by Crippen LogP contribution is -2.44. The summed E-state index contributed by atoms with van der Waals surface area (Å²) >= 11 is 0. The lowest BCUT2D eigenvalue weighted by Gasteiger charge is -2.38. The summed E-state index contributed by atoms with van der Waals surface area (Å²) in [6.07, 6.45) is 3.56. The standard InChI is InChI=1S/C20H26N2O2/c1-2-23-18-13-20(24-15-18)9-11-22(12-10-20)14-17-8-7-16-5-3-4-6-19(16)21-17/h3-8,18H,2,9-15H2,1H3/t18-/m0/s1. The van der Waals surface area contributed by atoms with Crippen LogP contribution >= 0.6 is 0 Å². The van der Waals surface area contributed by atoms with Crippen molar-refractivity contribution < 1.29 is 9.47 Å². The van der Waals surface area contributed by atoms with Gasteiger partial charge in [0, 0.05) is 38.0 Å². The zero-order valence-corrected chi connectivity index (χ0v) is 14.4. The van der Waals surface area contributed by atoms with E-state index >= 15 is 0 Å². The fourth-order valence-corrected chi connectivity index (χ4v) is 4.04. The van der Waals surface area contributed by atoms with Crippen molar-refractivity contribution in [1.29, 1.82) is 0 Å². The zero-order chi connectivity index (χ0) is 16.4. The molecule has 4 rings (SSSR count). The molecule has 1 aromatic heterocycles. The van der Waals surface area contributed by atoms with E-state index in [4.69, 9.17) is 14.5 Å². The molecule has 1 spiro atoms. The Morgan fingerprint density at radius 1 is 1.21 bits per heavy atom. The first-order valence-corrected chi connectivity index (χ1v) is 9.09. The molecule has 0 unspecified atom stereocenters. The molecule has 4 heteroatoms. The number of hydrogen-bond donors (Lipinski definition) is 0.